The van der Waals surface area contributed by atoms with Gasteiger partial charge >= 0.3 is 0 Å². The Labute approximate surface area is 148 Å². The molecule has 2 heterocycles. The highest BCUT2D eigenvalue weighted by molar-refractivity contribution is 6.03. The predicted molar refractivity (Wildman–Crippen MR) is 98.2 cm³/mol. The fourth-order valence-electron chi connectivity index (χ4n) is 2.83. The first-order valence-electron chi connectivity index (χ1n) is 8.78. The Bertz CT molecular complexity index is 710. The molecule has 1 amide bonds. The summed E-state index contributed by atoms with van der Waals surface area (Å²) in [5.41, 5.74) is 1.08. The van der Waals surface area contributed by atoms with Gasteiger partial charge in [0.2, 0.25) is 5.95 Å². The van der Waals surface area contributed by atoms with Gasteiger partial charge in [-0.05, 0) is 56.0 Å². The van der Waals surface area contributed by atoms with Crippen LogP contribution in [0.4, 0.5) is 11.6 Å². The second kappa shape index (κ2) is 7.96. The SMILES string of the molecule is CCOc1ccc(NC(=O)c2ccnc(N3CCC(C)CC3)n2)cc1. The van der Waals surface area contributed by atoms with Gasteiger partial charge in [-0.15, -0.1) is 0 Å². The topological polar surface area (TPSA) is 67.3 Å². The molecule has 0 saturated carbocycles. The van der Waals surface area contributed by atoms with E-state index >= 15 is 0 Å². The Balaban J connectivity index is 1.66. The molecule has 3 rings (SSSR count). The third kappa shape index (κ3) is 4.47. The maximum atomic E-state index is 12.5. The van der Waals surface area contributed by atoms with Crippen LogP contribution in [0.25, 0.3) is 0 Å². The van der Waals surface area contributed by atoms with Crippen LogP contribution < -0.4 is 15.0 Å². The number of rotatable bonds is 5. The number of hydrogen-bond acceptors (Lipinski definition) is 5. The molecular formula is C19H24N4O2. The van der Waals surface area contributed by atoms with E-state index in [1.54, 1.807) is 12.3 Å². The summed E-state index contributed by atoms with van der Waals surface area (Å²) in [5, 5.41) is 2.86. The van der Waals surface area contributed by atoms with Crippen molar-refractivity contribution in [3.8, 4) is 5.75 Å². The second-order valence-corrected chi connectivity index (χ2v) is 6.32. The van der Waals surface area contributed by atoms with E-state index in [2.05, 4.69) is 27.1 Å². The van der Waals surface area contributed by atoms with Crippen molar-refractivity contribution in [3.05, 3.63) is 42.2 Å². The number of ether oxygens (including phenoxy) is 1. The van der Waals surface area contributed by atoms with E-state index in [9.17, 15) is 4.79 Å². The van der Waals surface area contributed by atoms with Crippen LogP contribution >= 0.6 is 0 Å². The Kier molecular flexibility index (Phi) is 5.48. The average Bonchev–Trinajstić information content (AvgIpc) is 2.64. The molecular weight excluding hydrogens is 316 g/mol. The summed E-state index contributed by atoms with van der Waals surface area (Å²) >= 11 is 0. The first-order valence-corrected chi connectivity index (χ1v) is 8.78. The Morgan fingerprint density at radius 2 is 1.96 bits per heavy atom. The second-order valence-electron chi connectivity index (χ2n) is 6.32. The summed E-state index contributed by atoms with van der Waals surface area (Å²) in [4.78, 5) is 23.4. The first-order chi connectivity index (χ1) is 12.2. The minimum absolute atomic E-state index is 0.238. The quantitative estimate of drug-likeness (QED) is 0.904. The van der Waals surface area contributed by atoms with E-state index in [4.69, 9.17) is 4.74 Å². The molecule has 0 radical (unpaired) electrons. The van der Waals surface area contributed by atoms with E-state index in [1.165, 1.54) is 0 Å². The maximum absolute atomic E-state index is 12.5. The molecule has 1 fully saturated rings. The Hall–Kier alpha value is -2.63. The van der Waals surface area contributed by atoms with E-state index in [0.717, 1.165) is 37.6 Å². The molecule has 0 aliphatic carbocycles. The Morgan fingerprint density at radius 1 is 1.24 bits per heavy atom. The summed E-state index contributed by atoms with van der Waals surface area (Å²) in [6.07, 6.45) is 3.91. The van der Waals surface area contributed by atoms with Gasteiger partial charge in [-0.1, -0.05) is 6.92 Å². The minimum atomic E-state index is -0.238. The highest BCUT2D eigenvalue weighted by Gasteiger charge is 2.19. The van der Waals surface area contributed by atoms with Gasteiger partial charge in [0.1, 0.15) is 11.4 Å². The molecule has 2 aromatic rings. The normalized spacial score (nSPS) is 15.0. The van der Waals surface area contributed by atoms with Gasteiger partial charge in [-0.2, -0.15) is 0 Å². The van der Waals surface area contributed by atoms with Crippen molar-refractivity contribution in [2.24, 2.45) is 5.92 Å². The standard InChI is InChI=1S/C19H24N4O2/c1-3-25-16-6-4-15(5-7-16)21-18(24)17-8-11-20-19(22-17)23-12-9-14(2)10-13-23/h4-8,11,14H,3,9-10,12-13H2,1-2H3,(H,21,24). The third-order valence-electron chi connectivity index (χ3n) is 4.37. The van der Waals surface area contributed by atoms with Crippen LogP contribution in [-0.4, -0.2) is 35.6 Å². The molecule has 1 aliphatic rings. The monoisotopic (exact) mass is 340 g/mol. The maximum Gasteiger partial charge on any atom is 0.274 e. The fraction of sp³-hybridized carbons (Fsp3) is 0.421. The zero-order valence-corrected chi connectivity index (χ0v) is 14.7. The molecule has 1 aromatic carbocycles. The zero-order chi connectivity index (χ0) is 17.6. The Morgan fingerprint density at radius 3 is 2.64 bits per heavy atom. The van der Waals surface area contributed by atoms with E-state index < -0.39 is 0 Å². The number of carbonyl (C=O) groups is 1. The zero-order valence-electron chi connectivity index (χ0n) is 14.7. The lowest BCUT2D eigenvalue weighted by Crippen LogP contribution is -2.34. The average molecular weight is 340 g/mol. The molecule has 1 saturated heterocycles. The summed E-state index contributed by atoms with van der Waals surface area (Å²) in [5.74, 6) is 1.91. The van der Waals surface area contributed by atoms with Crippen molar-refractivity contribution in [1.82, 2.24) is 9.97 Å². The van der Waals surface area contributed by atoms with Crippen molar-refractivity contribution in [2.45, 2.75) is 26.7 Å². The smallest absolute Gasteiger partial charge is 0.274 e. The van der Waals surface area contributed by atoms with Gasteiger partial charge in [0.15, 0.2) is 0 Å². The van der Waals surface area contributed by atoms with Crippen LogP contribution in [0, 0.1) is 5.92 Å². The van der Waals surface area contributed by atoms with Crippen LogP contribution in [0.1, 0.15) is 37.2 Å². The number of nitrogens with zero attached hydrogens (tertiary/aromatic N) is 3. The van der Waals surface area contributed by atoms with Crippen LogP contribution in [0.15, 0.2) is 36.5 Å². The number of carbonyl (C=O) groups excluding carboxylic acids is 1. The lowest BCUT2D eigenvalue weighted by Gasteiger charge is -2.30. The van der Waals surface area contributed by atoms with Crippen LogP contribution in [-0.2, 0) is 0 Å². The molecule has 1 aromatic heterocycles. The van der Waals surface area contributed by atoms with Crippen molar-refractivity contribution in [2.75, 3.05) is 29.9 Å². The molecule has 6 heteroatoms. The largest absolute Gasteiger partial charge is 0.494 e. The van der Waals surface area contributed by atoms with Gasteiger partial charge in [0.05, 0.1) is 6.61 Å². The molecule has 132 valence electrons. The van der Waals surface area contributed by atoms with E-state index in [0.29, 0.717) is 23.9 Å². The van der Waals surface area contributed by atoms with Gasteiger partial charge in [0.25, 0.3) is 5.91 Å². The highest BCUT2D eigenvalue weighted by Crippen LogP contribution is 2.20. The van der Waals surface area contributed by atoms with Crippen molar-refractivity contribution >= 4 is 17.5 Å². The number of nitrogens with one attached hydrogen (secondary N) is 1. The molecule has 0 spiro atoms. The number of benzene rings is 1. The molecule has 1 aliphatic heterocycles. The summed E-state index contributed by atoms with van der Waals surface area (Å²) < 4.78 is 5.40. The molecule has 0 atom stereocenters. The molecule has 0 bridgehead atoms. The fourth-order valence-corrected chi connectivity index (χ4v) is 2.83. The van der Waals surface area contributed by atoms with Gasteiger partial charge < -0.3 is 15.0 Å². The number of aromatic nitrogens is 2. The number of hydrogen-bond donors (Lipinski definition) is 1. The predicted octanol–water partition coefficient (Wildman–Crippen LogP) is 3.36. The number of piperidine rings is 1. The minimum Gasteiger partial charge on any atom is -0.494 e. The summed E-state index contributed by atoms with van der Waals surface area (Å²) in [6.45, 7) is 6.69. The molecule has 6 nitrogen and oxygen atoms in total. The van der Waals surface area contributed by atoms with Gasteiger partial charge in [0, 0.05) is 25.0 Å². The third-order valence-corrected chi connectivity index (χ3v) is 4.37. The van der Waals surface area contributed by atoms with Crippen molar-refractivity contribution < 1.29 is 9.53 Å². The number of amides is 1. The highest BCUT2D eigenvalue weighted by atomic mass is 16.5. The summed E-state index contributed by atoms with van der Waals surface area (Å²) in [6, 6.07) is 8.94. The van der Waals surface area contributed by atoms with Gasteiger partial charge in [-0.3, -0.25) is 4.79 Å². The van der Waals surface area contributed by atoms with Crippen LogP contribution in [0.2, 0.25) is 0 Å². The summed E-state index contributed by atoms with van der Waals surface area (Å²) in [7, 11) is 0. The van der Waals surface area contributed by atoms with Crippen molar-refractivity contribution in [1.29, 1.82) is 0 Å². The van der Waals surface area contributed by atoms with Gasteiger partial charge in [-0.25, -0.2) is 9.97 Å². The van der Waals surface area contributed by atoms with Crippen molar-refractivity contribution in [3.63, 3.8) is 0 Å². The van der Waals surface area contributed by atoms with Crippen LogP contribution in [0.3, 0.4) is 0 Å². The first kappa shape index (κ1) is 17.2. The molecule has 0 unspecified atom stereocenters. The molecule has 25 heavy (non-hydrogen) atoms. The van der Waals surface area contributed by atoms with E-state index in [-0.39, 0.29) is 5.91 Å². The van der Waals surface area contributed by atoms with E-state index in [1.807, 2.05) is 31.2 Å². The molecule has 1 N–H and O–H groups in total. The number of anilines is 2. The van der Waals surface area contributed by atoms with Crippen LogP contribution in [0.5, 0.6) is 5.75 Å². The lowest BCUT2D eigenvalue weighted by atomic mass is 10.00. The lowest BCUT2D eigenvalue weighted by molar-refractivity contribution is 0.102.